The third-order valence-electron chi connectivity index (χ3n) is 5.89. The molecule has 3 aromatic rings. The largest absolute Gasteiger partial charge is 0.331 e. The number of anilines is 4. The highest BCUT2D eigenvalue weighted by molar-refractivity contribution is 6.32. The van der Waals surface area contributed by atoms with Crippen LogP contribution in [-0.2, 0) is 0 Å². The number of benzene rings is 1. The number of H-pyrrole nitrogens is 1. The number of hydrogen-bond donors (Lipinski definition) is 3. The van der Waals surface area contributed by atoms with E-state index in [4.69, 9.17) is 11.6 Å². The standard InChI is InChI=1S/C23H28ClFN8O/c1-13-9-19(18(25)11-16(13)15-5-7-33(8-6-15)23(34)32(3)4)27-22-26-12-17(24)21(29-22)28-20-10-14(2)30-31-20/h9-12,15H,5-8H2,1-4H3,(H3,26,27,28,29,30,31). The zero-order valence-corrected chi connectivity index (χ0v) is 20.4. The Balaban J connectivity index is 1.48. The van der Waals surface area contributed by atoms with Crippen LogP contribution in [-0.4, -0.2) is 63.2 Å². The Hall–Kier alpha value is -3.40. The van der Waals surface area contributed by atoms with Crippen LogP contribution in [0.15, 0.2) is 24.4 Å². The minimum Gasteiger partial charge on any atom is -0.331 e. The Kier molecular flexibility index (Phi) is 6.87. The number of halogens is 2. The fourth-order valence-electron chi connectivity index (χ4n) is 4.14. The molecule has 1 aliphatic heterocycles. The number of carbonyl (C=O) groups is 1. The molecule has 2 amide bonds. The number of aryl methyl sites for hydroxylation is 2. The molecule has 3 heterocycles. The number of rotatable bonds is 5. The molecule has 3 N–H and O–H groups in total. The van der Waals surface area contributed by atoms with Gasteiger partial charge in [0, 0.05) is 38.9 Å². The normalized spacial score (nSPS) is 14.2. The van der Waals surface area contributed by atoms with Crippen molar-refractivity contribution in [2.24, 2.45) is 0 Å². The molecule has 11 heteroatoms. The van der Waals surface area contributed by atoms with E-state index in [1.165, 1.54) is 6.20 Å². The zero-order valence-electron chi connectivity index (χ0n) is 19.6. The van der Waals surface area contributed by atoms with Crippen LogP contribution >= 0.6 is 11.6 Å². The average Bonchev–Trinajstić information content (AvgIpc) is 3.22. The molecule has 0 spiro atoms. The average molecular weight is 487 g/mol. The summed E-state index contributed by atoms with van der Waals surface area (Å²) in [5, 5.41) is 13.2. The highest BCUT2D eigenvalue weighted by Gasteiger charge is 2.26. The number of aromatic amines is 1. The van der Waals surface area contributed by atoms with Gasteiger partial charge in [-0.1, -0.05) is 11.6 Å². The molecule has 180 valence electrons. The molecule has 0 radical (unpaired) electrons. The summed E-state index contributed by atoms with van der Waals surface area (Å²) < 4.78 is 15.1. The van der Waals surface area contributed by atoms with E-state index in [1.807, 2.05) is 24.8 Å². The highest BCUT2D eigenvalue weighted by Crippen LogP contribution is 2.34. The lowest BCUT2D eigenvalue weighted by Crippen LogP contribution is -2.43. The second-order valence-corrected chi connectivity index (χ2v) is 9.11. The molecule has 34 heavy (non-hydrogen) atoms. The summed E-state index contributed by atoms with van der Waals surface area (Å²) in [5.74, 6) is 0.950. The van der Waals surface area contributed by atoms with Gasteiger partial charge >= 0.3 is 6.03 Å². The number of likely N-dealkylation sites (tertiary alicyclic amines) is 1. The van der Waals surface area contributed by atoms with Crippen LogP contribution in [0.2, 0.25) is 5.02 Å². The Morgan fingerprint density at radius 1 is 1.21 bits per heavy atom. The summed E-state index contributed by atoms with van der Waals surface area (Å²) in [6, 6.07) is 5.17. The van der Waals surface area contributed by atoms with Crippen molar-refractivity contribution in [3.8, 4) is 0 Å². The lowest BCUT2D eigenvalue weighted by atomic mass is 9.86. The van der Waals surface area contributed by atoms with E-state index in [9.17, 15) is 4.79 Å². The predicted octanol–water partition coefficient (Wildman–Crippen LogP) is 4.96. The monoisotopic (exact) mass is 486 g/mol. The van der Waals surface area contributed by atoms with Crippen LogP contribution in [0.25, 0.3) is 0 Å². The second-order valence-electron chi connectivity index (χ2n) is 8.70. The van der Waals surface area contributed by atoms with E-state index in [0.717, 1.165) is 29.7 Å². The fourth-order valence-corrected chi connectivity index (χ4v) is 4.27. The lowest BCUT2D eigenvalue weighted by molar-refractivity contribution is 0.156. The fraction of sp³-hybridized carbons (Fsp3) is 0.391. The van der Waals surface area contributed by atoms with Gasteiger partial charge in [-0.2, -0.15) is 10.1 Å². The van der Waals surface area contributed by atoms with E-state index in [2.05, 4.69) is 30.8 Å². The summed E-state index contributed by atoms with van der Waals surface area (Å²) >= 11 is 6.21. The molecule has 0 bridgehead atoms. The molecule has 4 rings (SSSR count). The Morgan fingerprint density at radius 3 is 2.59 bits per heavy atom. The molecule has 0 unspecified atom stereocenters. The molecule has 0 aliphatic carbocycles. The molecule has 2 aromatic heterocycles. The number of aromatic nitrogens is 4. The second kappa shape index (κ2) is 9.84. The van der Waals surface area contributed by atoms with Gasteiger partial charge in [-0.05, 0) is 55.9 Å². The maximum Gasteiger partial charge on any atom is 0.319 e. The Bertz CT molecular complexity index is 1190. The van der Waals surface area contributed by atoms with Gasteiger partial charge < -0.3 is 20.4 Å². The summed E-state index contributed by atoms with van der Waals surface area (Å²) in [7, 11) is 3.50. The van der Waals surface area contributed by atoms with E-state index in [1.54, 1.807) is 31.1 Å². The Morgan fingerprint density at radius 2 is 1.94 bits per heavy atom. The van der Waals surface area contributed by atoms with Crippen molar-refractivity contribution >= 4 is 40.9 Å². The maximum absolute atomic E-state index is 15.1. The van der Waals surface area contributed by atoms with Gasteiger partial charge in [-0.25, -0.2) is 14.2 Å². The molecular formula is C23H28ClFN8O. The number of urea groups is 1. The van der Waals surface area contributed by atoms with Crippen LogP contribution in [0.5, 0.6) is 0 Å². The van der Waals surface area contributed by atoms with Crippen molar-refractivity contribution in [2.75, 3.05) is 37.8 Å². The van der Waals surface area contributed by atoms with Gasteiger partial charge in [0.25, 0.3) is 0 Å². The van der Waals surface area contributed by atoms with Gasteiger partial charge in [0.2, 0.25) is 5.95 Å². The highest BCUT2D eigenvalue weighted by atomic mass is 35.5. The minimum atomic E-state index is -0.386. The van der Waals surface area contributed by atoms with Crippen LogP contribution in [0.3, 0.4) is 0 Å². The van der Waals surface area contributed by atoms with E-state index in [-0.39, 0.29) is 29.4 Å². The maximum atomic E-state index is 15.1. The smallest absolute Gasteiger partial charge is 0.319 e. The summed E-state index contributed by atoms with van der Waals surface area (Å²) in [6.07, 6.45) is 3.05. The quantitative estimate of drug-likeness (QED) is 0.471. The van der Waals surface area contributed by atoms with Gasteiger partial charge in [-0.3, -0.25) is 5.10 Å². The first-order valence-corrected chi connectivity index (χ1v) is 11.4. The summed E-state index contributed by atoms with van der Waals surface area (Å²) in [5.41, 5.74) is 3.11. The van der Waals surface area contributed by atoms with Crippen molar-refractivity contribution in [1.29, 1.82) is 0 Å². The summed E-state index contributed by atoms with van der Waals surface area (Å²) in [4.78, 5) is 24.1. The number of piperidine rings is 1. The number of hydrogen-bond acceptors (Lipinski definition) is 6. The van der Waals surface area contributed by atoms with Crippen LogP contribution in [0, 0.1) is 19.7 Å². The van der Waals surface area contributed by atoms with Gasteiger partial charge in [0.15, 0.2) is 11.6 Å². The van der Waals surface area contributed by atoms with Crippen molar-refractivity contribution in [3.05, 3.63) is 52.1 Å². The number of carbonyl (C=O) groups excluding carboxylic acids is 1. The first-order chi connectivity index (χ1) is 16.2. The molecule has 1 aliphatic rings. The third kappa shape index (κ3) is 5.22. The summed E-state index contributed by atoms with van der Waals surface area (Å²) in [6.45, 7) is 5.17. The van der Waals surface area contributed by atoms with Crippen molar-refractivity contribution < 1.29 is 9.18 Å². The van der Waals surface area contributed by atoms with Crippen molar-refractivity contribution in [3.63, 3.8) is 0 Å². The van der Waals surface area contributed by atoms with Crippen molar-refractivity contribution in [1.82, 2.24) is 30.0 Å². The third-order valence-corrected chi connectivity index (χ3v) is 6.16. The molecule has 1 saturated heterocycles. The minimum absolute atomic E-state index is 0.0140. The van der Waals surface area contributed by atoms with Crippen LogP contribution < -0.4 is 10.6 Å². The van der Waals surface area contributed by atoms with Crippen LogP contribution in [0.4, 0.5) is 32.5 Å². The molecule has 9 nitrogen and oxygen atoms in total. The molecule has 0 saturated carbocycles. The SMILES string of the molecule is Cc1cc(Nc2nc(Nc3cc(C)c(C4CCN(C(=O)N(C)C)CC4)cc3F)ncc2Cl)n[nH]1. The predicted molar refractivity (Wildman–Crippen MR) is 131 cm³/mol. The van der Waals surface area contributed by atoms with Gasteiger partial charge in [0.05, 0.1) is 11.9 Å². The molecular weight excluding hydrogens is 459 g/mol. The Labute approximate surface area is 202 Å². The van der Waals surface area contributed by atoms with Crippen molar-refractivity contribution in [2.45, 2.75) is 32.6 Å². The molecule has 1 aromatic carbocycles. The number of nitrogens with one attached hydrogen (secondary N) is 3. The number of amides is 2. The van der Waals surface area contributed by atoms with E-state index in [0.29, 0.717) is 29.7 Å². The zero-order chi connectivity index (χ0) is 24.4. The topological polar surface area (TPSA) is 102 Å². The number of nitrogens with zero attached hydrogens (tertiary/aromatic N) is 5. The van der Waals surface area contributed by atoms with E-state index < -0.39 is 0 Å². The first-order valence-electron chi connectivity index (χ1n) is 11.1. The molecule has 1 fully saturated rings. The van der Waals surface area contributed by atoms with Gasteiger partial charge in [0.1, 0.15) is 10.8 Å². The lowest BCUT2D eigenvalue weighted by Gasteiger charge is -2.34. The molecule has 0 atom stereocenters. The van der Waals surface area contributed by atoms with Crippen LogP contribution in [0.1, 0.15) is 35.6 Å². The van der Waals surface area contributed by atoms with Gasteiger partial charge in [-0.15, -0.1) is 0 Å². The van der Waals surface area contributed by atoms with E-state index >= 15 is 4.39 Å². The first kappa shape index (κ1) is 23.7.